The molecule has 0 aliphatic rings. The minimum Gasteiger partial charge on any atom is -0.380 e. The van der Waals surface area contributed by atoms with E-state index in [4.69, 9.17) is 10.3 Å². The van der Waals surface area contributed by atoms with Gasteiger partial charge in [-0.25, -0.2) is 14.6 Å². The molecular weight excluding hydrogens is 527 g/mol. The highest BCUT2D eigenvalue weighted by molar-refractivity contribution is 6.05. The molecule has 202 valence electrons. The van der Waals surface area contributed by atoms with Gasteiger partial charge in [0, 0.05) is 36.5 Å². The number of halogens is 3. The number of anilines is 2. The molecule has 40 heavy (non-hydrogen) atoms. The highest BCUT2D eigenvalue weighted by Crippen LogP contribution is 2.32. The van der Waals surface area contributed by atoms with Gasteiger partial charge in [-0.15, -0.1) is 0 Å². The predicted molar refractivity (Wildman–Crippen MR) is 139 cm³/mol. The molecule has 6 aromatic rings. The Hall–Kier alpha value is -5.40. The van der Waals surface area contributed by atoms with Gasteiger partial charge in [0.25, 0.3) is 5.91 Å². The third-order valence-electron chi connectivity index (χ3n) is 6.38. The van der Waals surface area contributed by atoms with E-state index in [1.807, 2.05) is 17.6 Å². The molecule has 4 aromatic heterocycles. The Labute approximate surface area is 223 Å². The van der Waals surface area contributed by atoms with E-state index in [-0.39, 0.29) is 17.2 Å². The summed E-state index contributed by atoms with van der Waals surface area (Å²) in [6, 6.07) is 10.3. The fourth-order valence-corrected chi connectivity index (χ4v) is 4.40. The number of rotatable bonds is 5. The van der Waals surface area contributed by atoms with Gasteiger partial charge in [0.1, 0.15) is 17.3 Å². The molecule has 0 spiro atoms. The number of hydrogen-bond acceptors (Lipinski definition) is 7. The van der Waals surface area contributed by atoms with Crippen LogP contribution in [0.15, 0.2) is 71.8 Å². The van der Waals surface area contributed by atoms with Gasteiger partial charge in [0.05, 0.1) is 22.4 Å². The quantitative estimate of drug-likeness (QED) is 0.315. The number of imidazole rings is 2. The number of nitrogens with zero attached hydrogens (tertiary/aromatic N) is 7. The van der Waals surface area contributed by atoms with Gasteiger partial charge in [0.2, 0.25) is 0 Å². The summed E-state index contributed by atoms with van der Waals surface area (Å²) in [6.45, 7) is 3.64. The van der Waals surface area contributed by atoms with Crippen LogP contribution in [0.25, 0.3) is 28.0 Å². The van der Waals surface area contributed by atoms with Crippen molar-refractivity contribution in [3.63, 3.8) is 0 Å². The van der Waals surface area contributed by atoms with Crippen LogP contribution in [-0.4, -0.2) is 39.9 Å². The van der Waals surface area contributed by atoms with Crippen molar-refractivity contribution in [3.05, 3.63) is 90.3 Å². The van der Waals surface area contributed by atoms with Crippen LogP contribution < -0.4 is 11.1 Å². The fourth-order valence-electron chi connectivity index (χ4n) is 4.40. The number of nitrogens with two attached hydrogens (primary N) is 1. The molecule has 14 heteroatoms. The third kappa shape index (κ3) is 4.24. The molecule has 4 heterocycles. The first-order valence-corrected chi connectivity index (χ1v) is 11.9. The summed E-state index contributed by atoms with van der Waals surface area (Å²) in [7, 11) is 0. The minimum atomic E-state index is -4.79. The van der Waals surface area contributed by atoms with Crippen LogP contribution in [0.2, 0.25) is 0 Å². The summed E-state index contributed by atoms with van der Waals surface area (Å²) in [5.74, 6) is 0.629. The first kappa shape index (κ1) is 24.9. The van der Waals surface area contributed by atoms with Crippen LogP contribution in [-0.2, 0) is 6.18 Å². The molecule has 6 rings (SSSR count). The van der Waals surface area contributed by atoms with Crippen molar-refractivity contribution in [2.24, 2.45) is 0 Å². The minimum absolute atomic E-state index is 0.0552. The van der Waals surface area contributed by atoms with E-state index in [0.29, 0.717) is 34.2 Å². The summed E-state index contributed by atoms with van der Waals surface area (Å²) in [6.07, 6.45) is 1.99. The lowest BCUT2D eigenvalue weighted by molar-refractivity contribution is -0.141. The topological polar surface area (TPSA) is 135 Å². The van der Waals surface area contributed by atoms with Crippen LogP contribution in [0.3, 0.4) is 0 Å². The summed E-state index contributed by atoms with van der Waals surface area (Å²) in [5.41, 5.74) is 6.41. The van der Waals surface area contributed by atoms with Crippen LogP contribution in [0.4, 0.5) is 24.7 Å². The zero-order chi connectivity index (χ0) is 28.2. The molecule has 0 atom stereocenters. The second-order valence-corrected chi connectivity index (χ2v) is 8.92. The molecular formula is C26H20F3N9O2. The van der Waals surface area contributed by atoms with Crippen LogP contribution in [0, 0.1) is 13.8 Å². The molecule has 1 amide bonds. The number of benzene rings is 2. The van der Waals surface area contributed by atoms with Gasteiger partial charge < -0.3 is 24.7 Å². The van der Waals surface area contributed by atoms with E-state index in [2.05, 4.69) is 25.5 Å². The number of fused-ring (bicyclic) bond motifs is 1. The smallest absolute Gasteiger partial charge is 0.380 e. The SMILES string of the molecule is Cc1nccn1-c1ccc(NC(=O)c2cc(C(F)(F)F)nn2-c2ccc3onc(N)c3c2)c(-n2ccnc2C)c1. The van der Waals surface area contributed by atoms with Gasteiger partial charge in [-0.2, -0.15) is 18.3 Å². The molecule has 0 bridgehead atoms. The standard InChI is InChI=1S/C26H20F3N9O2/c1-14-31-7-9-36(14)16-3-5-19(20(12-16)37-10-8-32-15(37)2)33-25(39)21-13-23(26(27,28)29)34-38(21)17-4-6-22-18(11-17)24(30)35-40-22/h3-13H,1-2H3,(H2,30,35)(H,33,39). The van der Waals surface area contributed by atoms with Gasteiger partial charge in [-0.1, -0.05) is 5.16 Å². The van der Waals surface area contributed by atoms with Crippen molar-refractivity contribution in [2.75, 3.05) is 11.1 Å². The van der Waals surface area contributed by atoms with E-state index in [9.17, 15) is 18.0 Å². The number of carbonyl (C=O) groups excluding carboxylic acids is 1. The molecule has 0 saturated heterocycles. The first-order valence-electron chi connectivity index (χ1n) is 11.9. The summed E-state index contributed by atoms with van der Waals surface area (Å²) in [5, 5.41) is 10.5. The van der Waals surface area contributed by atoms with Crippen LogP contribution in [0.5, 0.6) is 0 Å². The van der Waals surface area contributed by atoms with Gasteiger partial charge in [0.15, 0.2) is 17.1 Å². The highest BCUT2D eigenvalue weighted by Gasteiger charge is 2.36. The summed E-state index contributed by atoms with van der Waals surface area (Å²) < 4.78 is 50.7. The maximum atomic E-state index is 13.7. The Balaban J connectivity index is 1.44. The Bertz CT molecular complexity index is 1890. The summed E-state index contributed by atoms with van der Waals surface area (Å²) >= 11 is 0. The van der Waals surface area contributed by atoms with Crippen LogP contribution >= 0.6 is 0 Å². The number of aromatic nitrogens is 7. The van der Waals surface area contributed by atoms with Crippen molar-refractivity contribution in [1.82, 2.24) is 34.0 Å². The number of carbonyl (C=O) groups is 1. The van der Waals surface area contributed by atoms with Gasteiger partial charge in [-0.3, -0.25) is 4.79 Å². The zero-order valence-corrected chi connectivity index (χ0v) is 21.0. The zero-order valence-electron chi connectivity index (χ0n) is 21.0. The Kier molecular flexibility index (Phi) is 5.67. The molecule has 0 saturated carbocycles. The van der Waals surface area contributed by atoms with Crippen LogP contribution in [0.1, 0.15) is 27.8 Å². The Morgan fingerprint density at radius 2 is 1.65 bits per heavy atom. The molecule has 3 N–H and O–H groups in total. The average molecular weight is 548 g/mol. The van der Waals surface area contributed by atoms with E-state index in [1.165, 1.54) is 18.2 Å². The maximum absolute atomic E-state index is 13.7. The number of alkyl halides is 3. The number of nitrogens with one attached hydrogen (secondary N) is 1. The normalized spacial score (nSPS) is 11.8. The molecule has 0 aliphatic carbocycles. The molecule has 0 unspecified atom stereocenters. The summed E-state index contributed by atoms with van der Waals surface area (Å²) in [4.78, 5) is 22.1. The first-order chi connectivity index (χ1) is 19.1. The fraction of sp³-hybridized carbons (Fsp3) is 0.115. The number of amides is 1. The van der Waals surface area contributed by atoms with Crippen molar-refractivity contribution >= 4 is 28.4 Å². The molecule has 0 fully saturated rings. The maximum Gasteiger partial charge on any atom is 0.435 e. The second-order valence-electron chi connectivity index (χ2n) is 8.92. The average Bonchev–Trinajstić information content (AvgIpc) is 3.71. The Morgan fingerprint density at radius 1 is 0.950 bits per heavy atom. The van der Waals surface area contributed by atoms with E-state index < -0.39 is 17.8 Å². The third-order valence-corrected chi connectivity index (χ3v) is 6.38. The van der Waals surface area contributed by atoms with E-state index in [0.717, 1.165) is 16.2 Å². The molecule has 2 aromatic carbocycles. The largest absolute Gasteiger partial charge is 0.435 e. The highest BCUT2D eigenvalue weighted by atomic mass is 19.4. The lowest BCUT2D eigenvalue weighted by Gasteiger charge is -2.16. The molecule has 0 aliphatic heterocycles. The number of nitrogen functional groups attached to an aromatic ring is 1. The Morgan fingerprint density at radius 3 is 2.33 bits per heavy atom. The predicted octanol–water partition coefficient (Wildman–Crippen LogP) is 4.86. The molecule has 11 nitrogen and oxygen atoms in total. The van der Waals surface area contributed by atoms with Gasteiger partial charge >= 0.3 is 6.18 Å². The van der Waals surface area contributed by atoms with E-state index >= 15 is 0 Å². The monoisotopic (exact) mass is 547 g/mol. The molecule has 0 radical (unpaired) electrons. The number of aryl methyl sites for hydroxylation is 2. The van der Waals surface area contributed by atoms with Crippen molar-refractivity contribution in [1.29, 1.82) is 0 Å². The van der Waals surface area contributed by atoms with Crippen molar-refractivity contribution in [2.45, 2.75) is 20.0 Å². The lowest BCUT2D eigenvalue weighted by Crippen LogP contribution is -2.18. The van der Waals surface area contributed by atoms with Crippen molar-refractivity contribution < 1.29 is 22.5 Å². The second kappa shape index (κ2) is 9.11. The lowest BCUT2D eigenvalue weighted by atomic mass is 10.2. The van der Waals surface area contributed by atoms with E-state index in [1.54, 1.807) is 48.4 Å². The number of hydrogen-bond donors (Lipinski definition) is 2. The van der Waals surface area contributed by atoms with Crippen molar-refractivity contribution in [3.8, 4) is 17.1 Å². The van der Waals surface area contributed by atoms with Gasteiger partial charge in [-0.05, 0) is 50.2 Å².